The van der Waals surface area contributed by atoms with Crippen molar-refractivity contribution in [3.8, 4) is 5.75 Å². The molecule has 0 unspecified atom stereocenters. The van der Waals surface area contributed by atoms with E-state index in [4.69, 9.17) is 21.1 Å². The Morgan fingerprint density at radius 1 is 1.06 bits per heavy atom. The SMILES string of the molecule is CC(C)OC(=O)C(C)(C)Oc1cccc(C2CCN(C(=O)c3ccc(Cl)cc3)CC2)c1. The highest BCUT2D eigenvalue weighted by molar-refractivity contribution is 6.30. The molecular formula is C25H30ClNO4. The lowest BCUT2D eigenvalue weighted by molar-refractivity contribution is -0.163. The van der Waals surface area contributed by atoms with Gasteiger partial charge >= 0.3 is 5.97 Å². The Labute approximate surface area is 189 Å². The highest BCUT2D eigenvalue weighted by atomic mass is 35.5. The van der Waals surface area contributed by atoms with Crippen LogP contribution in [0.3, 0.4) is 0 Å². The van der Waals surface area contributed by atoms with Gasteiger partial charge in [-0.2, -0.15) is 0 Å². The number of hydrogen-bond donors (Lipinski definition) is 0. The summed E-state index contributed by atoms with van der Waals surface area (Å²) in [6.45, 7) is 8.46. The van der Waals surface area contributed by atoms with Gasteiger partial charge in [0.1, 0.15) is 5.75 Å². The number of ether oxygens (including phenoxy) is 2. The Kier molecular flexibility index (Phi) is 7.26. The molecule has 0 spiro atoms. The topological polar surface area (TPSA) is 55.8 Å². The first-order valence-electron chi connectivity index (χ1n) is 10.7. The molecule has 1 aliphatic rings. The first kappa shape index (κ1) is 23.1. The molecule has 1 heterocycles. The van der Waals surface area contributed by atoms with Gasteiger partial charge in [-0.15, -0.1) is 0 Å². The number of carbonyl (C=O) groups is 2. The lowest BCUT2D eigenvalue weighted by Gasteiger charge is -2.32. The van der Waals surface area contributed by atoms with E-state index in [-0.39, 0.29) is 18.0 Å². The van der Waals surface area contributed by atoms with Crippen molar-refractivity contribution < 1.29 is 19.1 Å². The largest absolute Gasteiger partial charge is 0.476 e. The Hall–Kier alpha value is -2.53. The quantitative estimate of drug-likeness (QED) is 0.555. The van der Waals surface area contributed by atoms with Gasteiger partial charge in [0.15, 0.2) is 5.60 Å². The van der Waals surface area contributed by atoms with Crippen molar-refractivity contribution in [3.05, 3.63) is 64.7 Å². The van der Waals surface area contributed by atoms with Crippen molar-refractivity contribution in [2.24, 2.45) is 0 Å². The minimum absolute atomic E-state index is 0.0395. The molecular weight excluding hydrogens is 414 g/mol. The fourth-order valence-corrected chi connectivity index (χ4v) is 3.84. The summed E-state index contributed by atoms with van der Waals surface area (Å²) < 4.78 is 11.3. The number of benzene rings is 2. The number of rotatable bonds is 6. The van der Waals surface area contributed by atoms with Crippen LogP contribution in [0.5, 0.6) is 5.75 Å². The molecule has 0 N–H and O–H groups in total. The third-order valence-corrected chi connectivity index (χ3v) is 5.66. The number of esters is 1. The summed E-state index contributed by atoms with van der Waals surface area (Å²) in [5.74, 6) is 0.631. The van der Waals surface area contributed by atoms with E-state index >= 15 is 0 Å². The Bertz CT molecular complexity index is 915. The van der Waals surface area contributed by atoms with Crippen LogP contribution in [0, 0.1) is 0 Å². The van der Waals surface area contributed by atoms with E-state index in [1.165, 1.54) is 0 Å². The molecule has 2 aromatic rings. The van der Waals surface area contributed by atoms with Crippen LogP contribution in [-0.4, -0.2) is 41.6 Å². The molecule has 1 saturated heterocycles. The van der Waals surface area contributed by atoms with Crippen LogP contribution >= 0.6 is 11.6 Å². The average Bonchev–Trinajstić information content (AvgIpc) is 2.73. The van der Waals surface area contributed by atoms with E-state index < -0.39 is 5.60 Å². The zero-order valence-electron chi connectivity index (χ0n) is 18.6. The number of carbonyl (C=O) groups excluding carboxylic acids is 2. The van der Waals surface area contributed by atoms with Crippen molar-refractivity contribution in [2.75, 3.05) is 13.1 Å². The third-order valence-electron chi connectivity index (χ3n) is 5.41. The highest BCUT2D eigenvalue weighted by Gasteiger charge is 2.33. The van der Waals surface area contributed by atoms with Crippen LogP contribution in [0.4, 0.5) is 0 Å². The van der Waals surface area contributed by atoms with Crippen LogP contribution in [-0.2, 0) is 9.53 Å². The summed E-state index contributed by atoms with van der Waals surface area (Å²) >= 11 is 5.92. The summed E-state index contributed by atoms with van der Waals surface area (Å²) in [6, 6.07) is 14.9. The maximum Gasteiger partial charge on any atom is 0.350 e. The van der Waals surface area contributed by atoms with E-state index in [0.29, 0.717) is 35.3 Å². The fourth-order valence-electron chi connectivity index (χ4n) is 3.72. The van der Waals surface area contributed by atoms with Crippen molar-refractivity contribution in [3.63, 3.8) is 0 Å². The van der Waals surface area contributed by atoms with E-state index in [1.54, 1.807) is 38.1 Å². The van der Waals surface area contributed by atoms with Gasteiger partial charge in [-0.25, -0.2) is 4.79 Å². The Morgan fingerprint density at radius 3 is 2.32 bits per heavy atom. The van der Waals surface area contributed by atoms with Gasteiger partial charge in [-0.05, 0) is 88.4 Å². The third kappa shape index (κ3) is 6.01. The maximum atomic E-state index is 12.7. The smallest absolute Gasteiger partial charge is 0.350 e. The van der Waals surface area contributed by atoms with Crippen LogP contribution in [0.15, 0.2) is 48.5 Å². The zero-order chi connectivity index (χ0) is 22.6. The molecule has 1 amide bonds. The van der Waals surface area contributed by atoms with E-state index in [2.05, 4.69) is 6.07 Å². The Morgan fingerprint density at radius 2 is 1.71 bits per heavy atom. The Balaban J connectivity index is 1.61. The molecule has 0 atom stereocenters. The number of halogens is 1. The standard InChI is InChI=1S/C25H30ClNO4/c1-17(2)30-24(29)25(3,4)31-22-7-5-6-20(16-22)18-12-14-27(15-13-18)23(28)19-8-10-21(26)11-9-19/h5-11,16-18H,12-15H2,1-4H3. The second-order valence-corrected chi connectivity index (χ2v) is 9.15. The van der Waals surface area contributed by atoms with Crippen molar-refractivity contribution in [2.45, 2.75) is 58.2 Å². The van der Waals surface area contributed by atoms with Gasteiger partial charge in [0.25, 0.3) is 5.91 Å². The highest BCUT2D eigenvalue weighted by Crippen LogP contribution is 2.32. The summed E-state index contributed by atoms with van der Waals surface area (Å²) in [7, 11) is 0. The summed E-state index contributed by atoms with van der Waals surface area (Å²) in [4.78, 5) is 26.9. The number of hydrogen-bond acceptors (Lipinski definition) is 4. The molecule has 166 valence electrons. The molecule has 0 radical (unpaired) electrons. The molecule has 0 saturated carbocycles. The molecule has 5 nitrogen and oxygen atoms in total. The second kappa shape index (κ2) is 9.73. The minimum atomic E-state index is -1.07. The van der Waals surface area contributed by atoms with Crippen LogP contribution in [0.1, 0.15) is 62.4 Å². The van der Waals surface area contributed by atoms with Gasteiger partial charge in [0.2, 0.25) is 0 Å². The number of nitrogens with zero attached hydrogens (tertiary/aromatic N) is 1. The van der Waals surface area contributed by atoms with Gasteiger partial charge in [-0.1, -0.05) is 23.7 Å². The molecule has 0 aliphatic carbocycles. The minimum Gasteiger partial charge on any atom is -0.476 e. The van der Waals surface area contributed by atoms with Crippen LogP contribution < -0.4 is 4.74 Å². The van der Waals surface area contributed by atoms with Crippen molar-refractivity contribution in [1.29, 1.82) is 0 Å². The summed E-state index contributed by atoms with van der Waals surface area (Å²) in [6.07, 6.45) is 1.56. The summed E-state index contributed by atoms with van der Waals surface area (Å²) in [5, 5.41) is 0.623. The van der Waals surface area contributed by atoms with Gasteiger partial charge in [0, 0.05) is 23.7 Å². The van der Waals surface area contributed by atoms with E-state index in [0.717, 1.165) is 18.4 Å². The molecule has 6 heteroatoms. The van der Waals surface area contributed by atoms with Crippen LogP contribution in [0.2, 0.25) is 5.02 Å². The lowest BCUT2D eigenvalue weighted by atomic mass is 9.89. The number of piperidine rings is 1. The normalized spacial score (nSPS) is 15.1. The number of amides is 1. The van der Waals surface area contributed by atoms with E-state index in [1.807, 2.05) is 36.9 Å². The molecule has 1 fully saturated rings. The molecule has 31 heavy (non-hydrogen) atoms. The van der Waals surface area contributed by atoms with Crippen molar-refractivity contribution in [1.82, 2.24) is 4.90 Å². The monoisotopic (exact) mass is 443 g/mol. The number of likely N-dealkylation sites (tertiary alicyclic amines) is 1. The van der Waals surface area contributed by atoms with Crippen LogP contribution in [0.25, 0.3) is 0 Å². The average molecular weight is 444 g/mol. The zero-order valence-corrected chi connectivity index (χ0v) is 19.3. The van der Waals surface area contributed by atoms with Gasteiger partial charge < -0.3 is 14.4 Å². The molecule has 3 rings (SSSR count). The lowest BCUT2D eigenvalue weighted by Crippen LogP contribution is -2.41. The van der Waals surface area contributed by atoms with Gasteiger partial charge in [0.05, 0.1) is 6.10 Å². The van der Waals surface area contributed by atoms with Gasteiger partial charge in [-0.3, -0.25) is 4.79 Å². The molecule has 0 aromatic heterocycles. The predicted octanol–water partition coefficient (Wildman–Crippen LogP) is 5.47. The first-order chi connectivity index (χ1) is 14.7. The maximum absolute atomic E-state index is 12.7. The first-order valence-corrected chi connectivity index (χ1v) is 11.1. The molecule has 1 aliphatic heterocycles. The molecule has 2 aromatic carbocycles. The molecule has 0 bridgehead atoms. The summed E-state index contributed by atoms with van der Waals surface area (Å²) in [5.41, 5.74) is 0.745. The predicted molar refractivity (Wildman–Crippen MR) is 122 cm³/mol. The van der Waals surface area contributed by atoms with Crippen molar-refractivity contribution >= 4 is 23.5 Å². The fraction of sp³-hybridized carbons (Fsp3) is 0.440. The van der Waals surface area contributed by atoms with E-state index in [9.17, 15) is 9.59 Å². The second-order valence-electron chi connectivity index (χ2n) is 8.71.